The second kappa shape index (κ2) is 3.59. The van der Waals surface area contributed by atoms with Crippen molar-refractivity contribution in [1.82, 2.24) is 14.8 Å². The van der Waals surface area contributed by atoms with Crippen LogP contribution in [0.25, 0.3) is 0 Å². The van der Waals surface area contributed by atoms with Crippen molar-refractivity contribution in [3.63, 3.8) is 0 Å². The van der Waals surface area contributed by atoms with E-state index in [1.165, 1.54) is 11.3 Å². The highest BCUT2D eigenvalue weighted by molar-refractivity contribution is 7.15. The summed E-state index contributed by atoms with van der Waals surface area (Å²) >= 11 is 7.34. The molecule has 2 aromatic rings. The molecule has 74 valence electrons. The van der Waals surface area contributed by atoms with Crippen molar-refractivity contribution in [1.29, 1.82) is 0 Å². The van der Waals surface area contributed by atoms with E-state index in [4.69, 9.17) is 17.3 Å². The predicted molar refractivity (Wildman–Crippen MR) is 57.6 cm³/mol. The first kappa shape index (κ1) is 9.48. The van der Waals surface area contributed by atoms with Crippen LogP contribution >= 0.6 is 22.9 Å². The molecule has 0 saturated heterocycles. The van der Waals surface area contributed by atoms with Crippen LogP contribution < -0.4 is 5.73 Å². The minimum Gasteiger partial charge on any atom is -0.375 e. The summed E-state index contributed by atoms with van der Waals surface area (Å²) < 4.78 is 1.83. The molecule has 2 heterocycles. The summed E-state index contributed by atoms with van der Waals surface area (Å²) in [5.74, 6) is 0. The first-order valence-corrected chi connectivity index (χ1v) is 5.24. The number of halogens is 1. The molecule has 2 rings (SSSR count). The molecule has 0 spiro atoms. The Labute approximate surface area is 90.3 Å². The number of thiazole rings is 1. The highest BCUT2D eigenvalue weighted by Gasteiger charge is 2.06. The van der Waals surface area contributed by atoms with Gasteiger partial charge in [-0.05, 0) is 6.92 Å². The van der Waals surface area contributed by atoms with Gasteiger partial charge < -0.3 is 5.73 Å². The van der Waals surface area contributed by atoms with Gasteiger partial charge in [0.1, 0.15) is 0 Å². The van der Waals surface area contributed by atoms with Gasteiger partial charge in [0.15, 0.2) is 5.13 Å². The van der Waals surface area contributed by atoms with Crippen molar-refractivity contribution in [2.75, 3.05) is 5.73 Å². The van der Waals surface area contributed by atoms with Gasteiger partial charge in [-0.1, -0.05) is 11.6 Å². The lowest BCUT2D eigenvalue weighted by Crippen LogP contribution is -2.01. The third-order valence-corrected chi connectivity index (χ3v) is 3.10. The fourth-order valence-corrected chi connectivity index (χ4v) is 1.93. The summed E-state index contributed by atoms with van der Waals surface area (Å²) in [5.41, 5.74) is 6.48. The Kier molecular flexibility index (Phi) is 2.43. The normalized spacial score (nSPS) is 10.7. The molecule has 0 aliphatic carbocycles. The third kappa shape index (κ3) is 1.73. The van der Waals surface area contributed by atoms with Gasteiger partial charge in [0.05, 0.1) is 23.5 Å². The van der Waals surface area contributed by atoms with Gasteiger partial charge in [0, 0.05) is 11.1 Å². The quantitative estimate of drug-likeness (QED) is 0.855. The lowest BCUT2D eigenvalue weighted by molar-refractivity contribution is 0.671. The molecule has 0 fully saturated rings. The van der Waals surface area contributed by atoms with Crippen molar-refractivity contribution in [2.24, 2.45) is 0 Å². The molecule has 0 aromatic carbocycles. The molecule has 0 saturated carbocycles. The number of hydrogen-bond donors (Lipinski definition) is 1. The Hall–Kier alpha value is -1.07. The summed E-state index contributed by atoms with van der Waals surface area (Å²) in [6, 6.07) is 0. The lowest BCUT2D eigenvalue weighted by Gasteiger charge is -2.00. The second-order valence-corrected chi connectivity index (χ2v) is 4.45. The molecule has 0 aliphatic heterocycles. The largest absolute Gasteiger partial charge is 0.375 e. The number of nitrogens with two attached hydrogens (primary N) is 1. The van der Waals surface area contributed by atoms with Crippen molar-refractivity contribution in [3.8, 4) is 0 Å². The van der Waals surface area contributed by atoms with E-state index in [1.54, 1.807) is 12.4 Å². The summed E-state index contributed by atoms with van der Waals surface area (Å²) in [4.78, 5) is 5.05. The number of nitrogen functional groups attached to an aromatic ring is 1. The van der Waals surface area contributed by atoms with Crippen LogP contribution in [0.1, 0.15) is 10.6 Å². The molecule has 4 nitrogen and oxygen atoms in total. The highest BCUT2D eigenvalue weighted by Crippen LogP contribution is 2.18. The van der Waals surface area contributed by atoms with Gasteiger partial charge in [-0.2, -0.15) is 5.10 Å². The minimum absolute atomic E-state index is 0.580. The van der Waals surface area contributed by atoms with E-state index in [9.17, 15) is 0 Å². The standard InChI is InChI=1S/C8H9ClN4S/c1-5-7(9)3-12-13(5)4-6-2-11-8(10)14-6/h2-3H,4H2,1H3,(H2,10,11). The Morgan fingerprint density at radius 2 is 2.36 bits per heavy atom. The van der Waals surface area contributed by atoms with Gasteiger partial charge in [0.25, 0.3) is 0 Å². The van der Waals surface area contributed by atoms with Gasteiger partial charge >= 0.3 is 0 Å². The number of rotatable bonds is 2. The number of aromatic nitrogens is 3. The van der Waals surface area contributed by atoms with Gasteiger partial charge in [0.2, 0.25) is 0 Å². The van der Waals surface area contributed by atoms with E-state index in [2.05, 4.69) is 10.1 Å². The molecule has 0 unspecified atom stereocenters. The number of hydrogen-bond acceptors (Lipinski definition) is 4. The monoisotopic (exact) mass is 228 g/mol. The van der Waals surface area contributed by atoms with E-state index in [0.29, 0.717) is 16.7 Å². The van der Waals surface area contributed by atoms with Crippen molar-refractivity contribution in [2.45, 2.75) is 13.5 Å². The first-order valence-electron chi connectivity index (χ1n) is 4.05. The molecule has 0 aliphatic rings. The Morgan fingerprint density at radius 1 is 1.57 bits per heavy atom. The van der Waals surface area contributed by atoms with Crippen LogP contribution in [0.15, 0.2) is 12.4 Å². The Morgan fingerprint density at radius 3 is 2.86 bits per heavy atom. The van der Waals surface area contributed by atoms with E-state index >= 15 is 0 Å². The predicted octanol–water partition coefficient (Wildman–Crippen LogP) is 1.93. The molecule has 2 N–H and O–H groups in total. The van der Waals surface area contributed by atoms with Gasteiger partial charge in [-0.25, -0.2) is 4.98 Å². The topological polar surface area (TPSA) is 56.7 Å². The maximum atomic E-state index is 5.88. The summed E-state index contributed by atoms with van der Waals surface area (Å²) in [6.07, 6.45) is 3.40. The SMILES string of the molecule is Cc1c(Cl)cnn1Cc1cnc(N)s1. The van der Waals surface area contributed by atoms with E-state index in [-0.39, 0.29) is 0 Å². The summed E-state index contributed by atoms with van der Waals surface area (Å²) in [7, 11) is 0. The smallest absolute Gasteiger partial charge is 0.180 e. The van der Waals surface area contributed by atoms with E-state index in [1.807, 2.05) is 11.6 Å². The third-order valence-electron chi connectivity index (χ3n) is 1.92. The van der Waals surface area contributed by atoms with Crippen LogP contribution in [0.2, 0.25) is 5.02 Å². The van der Waals surface area contributed by atoms with Crippen molar-refractivity contribution < 1.29 is 0 Å². The average Bonchev–Trinajstić information content (AvgIpc) is 2.67. The molecular weight excluding hydrogens is 220 g/mol. The first-order chi connectivity index (χ1) is 6.66. The molecule has 14 heavy (non-hydrogen) atoms. The number of anilines is 1. The zero-order chi connectivity index (χ0) is 10.1. The van der Waals surface area contributed by atoms with Crippen LogP contribution in [-0.2, 0) is 6.54 Å². The molecular formula is C8H9ClN4S. The molecule has 2 aromatic heterocycles. The second-order valence-electron chi connectivity index (χ2n) is 2.90. The molecule has 6 heteroatoms. The Bertz CT molecular complexity index is 448. The van der Waals surface area contributed by atoms with E-state index < -0.39 is 0 Å². The molecule has 0 bridgehead atoms. The zero-order valence-corrected chi connectivity index (χ0v) is 9.14. The fraction of sp³-hybridized carbons (Fsp3) is 0.250. The van der Waals surface area contributed by atoms with E-state index in [0.717, 1.165) is 10.6 Å². The fourth-order valence-electron chi connectivity index (χ4n) is 1.13. The zero-order valence-electron chi connectivity index (χ0n) is 7.57. The maximum absolute atomic E-state index is 5.88. The molecule has 0 atom stereocenters. The maximum Gasteiger partial charge on any atom is 0.180 e. The number of nitrogens with zero attached hydrogens (tertiary/aromatic N) is 3. The van der Waals surface area contributed by atoms with Crippen LogP contribution in [0, 0.1) is 6.92 Å². The lowest BCUT2D eigenvalue weighted by atomic mass is 10.4. The van der Waals surface area contributed by atoms with Crippen LogP contribution in [-0.4, -0.2) is 14.8 Å². The average molecular weight is 229 g/mol. The van der Waals surface area contributed by atoms with Gasteiger partial charge in [-0.3, -0.25) is 4.68 Å². The summed E-state index contributed by atoms with van der Waals surface area (Å²) in [6.45, 7) is 2.60. The molecule has 0 radical (unpaired) electrons. The highest BCUT2D eigenvalue weighted by atomic mass is 35.5. The Balaban J connectivity index is 2.22. The molecule has 0 amide bonds. The van der Waals surface area contributed by atoms with Crippen molar-refractivity contribution in [3.05, 3.63) is 28.0 Å². The van der Waals surface area contributed by atoms with Crippen LogP contribution in [0.4, 0.5) is 5.13 Å². The van der Waals surface area contributed by atoms with Crippen LogP contribution in [0.5, 0.6) is 0 Å². The van der Waals surface area contributed by atoms with Crippen LogP contribution in [0.3, 0.4) is 0 Å². The minimum atomic E-state index is 0.580. The van der Waals surface area contributed by atoms with Crippen molar-refractivity contribution >= 4 is 28.1 Å². The van der Waals surface area contributed by atoms with Gasteiger partial charge in [-0.15, -0.1) is 11.3 Å². The summed E-state index contributed by atoms with van der Waals surface area (Å²) in [5, 5.41) is 5.41.